The Morgan fingerprint density at radius 1 is 1.02 bits per heavy atom. The van der Waals surface area contributed by atoms with Crippen LogP contribution in [0.2, 0.25) is 0 Å². The van der Waals surface area contributed by atoms with E-state index in [1.165, 1.54) is 45.0 Å². The largest absolute Gasteiger partial charge is 0.508 e. The van der Waals surface area contributed by atoms with E-state index >= 15 is 0 Å². The summed E-state index contributed by atoms with van der Waals surface area (Å²) in [5, 5.41) is 15.0. The number of nitrogens with zero attached hydrogens (tertiary/aromatic N) is 1. The second kappa shape index (κ2) is 16.3. The molecule has 0 radical (unpaired) electrons. The van der Waals surface area contributed by atoms with Crippen LogP contribution >= 0.6 is 11.8 Å². The van der Waals surface area contributed by atoms with Crippen LogP contribution in [0.1, 0.15) is 63.9 Å². The molecule has 58 heavy (non-hydrogen) atoms. The number of carbonyl (C=O) groups is 2. The van der Waals surface area contributed by atoms with Crippen LogP contribution < -0.4 is 33.2 Å². The number of thioether (sulfide) groups is 1. The molecule has 4 aliphatic rings. The van der Waals surface area contributed by atoms with E-state index in [9.17, 15) is 32.1 Å². The van der Waals surface area contributed by atoms with Gasteiger partial charge >= 0.3 is 28.5 Å². The lowest BCUT2D eigenvalue weighted by molar-refractivity contribution is -0.154. The summed E-state index contributed by atoms with van der Waals surface area (Å²) in [4.78, 5) is 29.4. The van der Waals surface area contributed by atoms with Gasteiger partial charge in [0.1, 0.15) is 12.4 Å². The molecule has 13 nitrogen and oxygen atoms in total. The Labute approximate surface area is 340 Å². The summed E-state index contributed by atoms with van der Waals surface area (Å²) in [7, 11) is 2.76. The average molecular weight is 851 g/mol. The molecule has 1 fully saturated rings. The van der Waals surface area contributed by atoms with Gasteiger partial charge in [-0.2, -0.15) is 24.9 Å². The third kappa shape index (κ3) is 7.52. The molecule has 2 unspecified atom stereocenters. The summed E-state index contributed by atoms with van der Waals surface area (Å²) < 4.78 is 91.9. The predicted molar refractivity (Wildman–Crippen MR) is 207 cm³/mol. The lowest BCUT2D eigenvalue weighted by Crippen LogP contribution is -2.57. The van der Waals surface area contributed by atoms with Crippen LogP contribution in [0.15, 0.2) is 18.2 Å². The van der Waals surface area contributed by atoms with E-state index in [1.807, 2.05) is 13.8 Å². The van der Waals surface area contributed by atoms with E-state index in [0.717, 1.165) is 16.7 Å². The van der Waals surface area contributed by atoms with Crippen LogP contribution in [0.25, 0.3) is 0 Å². The Balaban J connectivity index is 1.37. The standard InChI is InChI=1S/C40H45F3N2O11S2/c1-20-12-24-8-7-11-45-26(14-27(24)33(47)34(20)51-6)17-57-18-39(28-15-30(50-5)31(13-25(28)9-10-44-39)56-58(49)40(41,42)43)38(48)52-16-29(45)32-21(2)35(55-23(4)46)22(3)36-37(32)54-19-53-36/h12-13,15,26,29,44,47H,7-11,14,16-19H2,1-6H3/t26?,29-,39+,58?/m0/s1. The molecule has 0 saturated carbocycles. The number of cyclic esters (lactones) is 1. The number of aromatic hydroxyl groups is 1. The topological polar surface area (TPSA) is 151 Å². The Hall–Kier alpha value is -4.39. The number of hydrogen-bond donors (Lipinski definition) is 2. The molecule has 4 aliphatic heterocycles. The summed E-state index contributed by atoms with van der Waals surface area (Å²) >= 11 is -2.18. The van der Waals surface area contributed by atoms with Crippen LogP contribution in [-0.4, -0.2) is 89.9 Å². The first-order valence-electron chi connectivity index (χ1n) is 18.7. The molecule has 3 aromatic rings. The summed E-state index contributed by atoms with van der Waals surface area (Å²) in [5.41, 5.74) is -1.31. The number of alkyl halides is 3. The lowest BCUT2D eigenvalue weighted by Gasteiger charge is -2.44. The van der Waals surface area contributed by atoms with Gasteiger partial charge in [0.25, 0.3) is 0 Å². The van der Waals surface area contributed by atoms with Crippen LogP contribution in [0.4, 0.5) is 13.2 Å². The molecule has 3 aromatic carbocycles. The number of halogens is 3. The number of esters is 2. The molecule has 2 N–H and O–H groups in total. The molecular formula is C40H45F3N2O11S2. The van der Waals surface area contributed by atoms with E-state index < -0.39 is 40.1 Å². The maximum Gasteiger partial charge on any atom is 0.508 e. The van der Waals surface area contributed by atoms with Gasteiger partial charge in [-0.1, -0.05) is 6.07 Å². The number of fused-ring (bicyclic) bond motifs is 5. The highest BCUT2D eigenvalue weighted by Crippen LogP contribution is 2.51. The molecule has 0 amide bonds. The van der Waals surface area contributed by atoms with Gasteiger partial charge in [-0.15, -0.1) is 0 Å². The molecule has 0 aromatic heterocycles. The number of nitrogens with one attached hydrogen (secondary N) is 1. The number of phenols is 1. The second-order valence-corrected chi connectivity index (χ2v) is 16.8. The first-order valence-corrected chi connectivity index (χ1v) is 21.0. The van der Waals surface area contributed by atoms with Crippen molar-refractivity contribution < 1.29 is 64.7 Å². The Bertz CT molecular complexity index is 2170. The van der Waals surface area contributed by atoms with Crippen molar-refractivity contribution in [2.45, 2.75) is 76.5 Å². The maximum absolute atomic E-state index is 14.8. The van der Waals surface area contributed by atoms with E-state index in [4.69, 9.17) is 32.6 Å². The van der Waals surface area contributed by atoms with Crippen LogP contribution in [0, 0.1) is 20.8 Å². The second-order valence-electron chi connectivity index (χ2n) is 14.7. The summed E-state index contributed by atoms with van der Waals surface area (Å²) in [6.07, 6.45) is 2.06. The number of ether oxygens (including phenoxy) is 6. The first-order chi connectivity index (χ1) is 27.6. The number of rotatable bonds is 6. The van der Waals surface area contributed by atoms with Gasteiger partial charge in [-0.3, -0.25) is 15.0 Å². The molecule has 4 atom stereocenters. The normalized spacial score (nSPS) is 22.7. The van der Waals surface area contributed by atoms with Gasteiger partial charge in [0, 0.05) is 53.3 Å². The monoisotopic (exact) mass is 850 g/mol. The van der Waals surface area contributed by atoms with Crippen molar-refractivity contribution in [3.05, 3.63) is 62.7 Å². The quantitative estimate of drug-likeness (QED) is 0.228. The number of aryl methyl sites for hydroxylation is 2. The molecule has 4 heterocycles. The zero-order chi connectivity index (χ0) is 41.7. The number of phenolic OH excluding ortho intramolecular Hbond substituents is 1. The Morgan fingerprint density at radius 3 is 2.48 bits per heavy atom. The molecule has 0 bridgehead atoms. The lowest BCUT2D eigenvalue weighted by atomic mass is 9.83. The van der Waals surface area contributed by atoms with E-state index in [0.29, 0.717) is 88.8 Å². The summed E-state index contributed by atoms with van der Waals surface area (Å²) in [6, 6.07) is 3.88. The van der Waals surface area contributed by atoms with Gasteiger partial charge in [0.15, 0.2) is 40.0 Å². The van der Waals surface area contributed by atoms with Crippen LogP contribution in [0.5, 0.6) is 40.2 Å². The van der Waals surface area contributed by atoms with Crippen molar-refractivity contribution in [3.8, 4) is 40.2 Å². The molecular weight excluding hydrogens is 806 g/mol. The van der Waals surface area contributed by atoms with Crippen molar-refractivity contribution >= 4 is 34.8 Å². The molecule has 0 aliphatic carbocycles. The number of benzene rings is 3. The van der Waals surface area contributed by atoms with Gasteiger partial charge in [0.2, 0.25) is 6.79 Å². The third-order valence-corrected chi connectivity index (χ3v) is 13.2. The van der Waals surface area contributed by atoms with Crippen molar-refractivity contribution in [1.29, 1.82) is 0 Å². The van der Waals surface area contributed by atoms with Crippen LogP contribution in [-0.2, 0) is 50.2 Å². The molecule has 314 valence electrons. The Kier molecular flexibility index (Phi) is 11.8. The highest BCUT2D eigenvalue weighted by atomic mass is 32.2. The fourth-order valence-electron chi connectivity index (χ4n) is 8.69. The summed E-state index contributed by atoms with van der Waals surface area (Å²) in [6.45, 7) is 7.38. The van der Waals surface area contributed by atoms with Gasteiger partial charge < -0.3 is 37.7 Å². The zero-order valence-corrected chi connectivity index (χ0v) is 34.5. The third-order valence-electron chi connectivity index (χ3n) is 11.2. The van der Waals surface area contributed by atoms with Crippen LogP contribution in [0.3, 0.4) is 0 Å². The minimum atomic E-state index is -5.13. The highest BCUT2D eigenvalue weighted by molar-refractivity contribution is 7.99. The summed E-state index contributed by atoms with van der Waals surface area (Å²) in [5.74, 6) is 0.584. The predicted octanol–water partition coefficient (Wildman–Crippen LogP) is 5.78. The minimum absolute atomic E-state index is 0.0709. The smallest absolute Gasteiger partial charge is 0.504 e. The van der Waals surface area contributed by atoms with E-state index in [2.05, 4.69) is 16.3 Å². The number of carbonyl (C=O) groups excluding carboxylic acids is 2. The minimum Gasteiger partial charge on any atom is -0.504 e. The maximum atomic E-state index is 14.8. The molecule has 1 saturated heterocycles. The van der Waals surface area contributed by atoms with Crippen molar-refractivity contribution in [2.24, 2.45) is 0 Å². The Morgan fingerprint density at radius 2 is 1.78 bits per heavy atom. The van der Waals surface area contributed by atoms with Crippen molar-refractivity contribution in [2.75, 3.05) is 52.2 Å². The fourth-order valence-corrected chi connectivity index (χ4v) is 10.5. The van der Waals surface area contributed by atoms with E-state index in [1.54, 1.807) is 6.92 Å². The van der Waals surface area contributed by atoms with Crippen molar-refractivity contribution in [1.82, 2.24) is 10.2 Å². The number of hydrogen-bond acceptors (Lipinski definition) is 14. The highest BCUT2D eigenvalue weighted by Gasteiger charge is 2.49. The first kappa shape index (κ1) is 41.8. The fraction of sp³-hybridized carbons (Fsp3) is 0.500. The SMILES string of the molecule is COc1cc2c(cc1OS(=O)C(F)(F)F)CCN[C@]21CSCC2Cc3c(cc(C)c(OC)c3O)CCCN2[C@H](c2c(C)c(OC(C)=O)c(C)c3c2OCO3)COC1=O. The zero-order valence-electron chi connectivity index (χ0n) is 32.9. The molecule has 1 spiro atoms. The van der Waals surface area contributed by atoms with Gasteiger partial charge in [-0.25, -0.2) is 9.00 Å². The van der Waals surface area contributed by atoms with Gasteiger partial charge in [-0.05, 0) is 87.4 Å². The molecule has 18 heteroatoms. The van der Waals surface area contributed by atoms with Crippen molar-refractivity contribution in [3.63, 3.8) is 0 Å². The van der Waals surface area contributed by atoms with Gasteiger partial charge in [0.05, 0.1) is 20.3 Å². The average Bonchev–Trinajstić information content (AvgIpc) is 3.65. The van der Waals surface area contributed by atoms with E-state index in [-0.39, 0.29) is 49.0 Å². The number of methoxy groups -OCH3 is 2. The molecule has 7 rings (SSSR count).